The van der Waals surface area contributed by atoms with Crippen LogP contribution in [0, 0.1) is 0 Å². The minimum atomic E-state index is -3.58. The van der Waals surface area contributed by atoms with Gasteiger partial charge in [-0.2, -0.15) is 4.31 Å². The molecule has 27 heavy (non-hydrogen) atoms. The van der Waals surface area contributed by atoms with E-state index in [-0.39, 0.29) is 10.8 Å². The van der Waals surface area contributed by atoms with Crippen molar-refractivity contribution in [2.75, 3.05) is 39.8 Å². The molecule has 6 nitrogen and oxygen atoms in total. The smallest absolute Gasteiger partial charge is 0.251 e. The van der Waals surface area contributed by atoms with E-state index in [2.05, 4.69) is 10.2 Å². The molecule has 0 bridgehead atoms. The van der Waals surface area contributed by atoms with Gasteiger partial charge < -0.3 is 10.2 Å². The van der Waals surface area contributed by atoms with Crippen LogP contribution in [0.1, 0.15) is 15.9 Å². The molecule has 2 aromatic rings. The van der Waals surface area contributed by atoms with Gasteiger partial charge in [0.15, 0.2) is 0 Å². The van der Waals surface area contributed by atoms with Gasteiger partial charge in [0, 0.05) is 38.3 Å². The van der Waals surface area contributed by atoms with E-state index in [0.717, 1.165) is 12.0 Å². The zero-order valence-electron chi connectivity index (χ0n) is 15.5. The summed E-state index contributed by atoms with van der Waals surface area (Å²) in [7, 11) is -1.60. The molecule has 144 valence electrons. The molecule has 1 fully saturated rings. The summed E-state index contributed by atoms with van der Waals surface area (Å²) < 4.78 is 27.2. The van der Waals surface area contributed by atoms with E-state index in [0.29, 0.717) is 38.3 Å². The highest BCUT2D eigenvalue weighted by atomic mass is 32.2. The molecule has 2 aromatic carbocycles. The van der Waals surface area contributed by atoms with E-state index in [1.54, 1.807) is 18.2 Å². The van der Waals surface area contributed by atoms with Crippen LogP contribution in [0.15, 0.2) is 59.5 Å². The Balaban J connectivity index is 1.64. The van der Waals surface area contributed by atoms with Crippen LogP contribution in [0.5, 0.6) is 0 Å². The Morgan fingerprint density at radius 3 is 2.41 bits per heavy atom. The Hall–Kier alpha value is -2.22. The van der Waals surface area contributed by atoms with Crippen molar-refractivity contribution in [1.82, 2.24) is 14.5 Å². The first-order chi connectivity index (χ1) is 13.0. The Morgan fingerprint density at radius 1 is 1.00 bits per heavy atom. The van der Waals surface area contributed by atoms with Gasteiger partial charge in [-0.05, 0) is 37.2 Å². The number of sulfonamides is 1. The third kappa shape index (κ3) is 4.94. The summed E-state index contributed by atoms with van der Waals surface area (Å²) in [6.45, 7) is 2.84. The third-order valence-electron chi connectivity index (χ3n) is 4.74. The standard InChI is InChI=1S/C20H25N3O3S/c1-22-12-14-23(15-13-22)27(25,26)19-9-5-8-18(16-19)20(24)21-11-10-17-6-3-2-4-7-17/h2-9,16H,10-15H2,1H3,(H,21,24). The number of rotatable bonds is 6. The molecular formula is C20H25N3O3S. The van der Waals surface area contributed by atoms with E-state index in [1.807, 2.05) is 37.4 Å². The number of hydrogen-bond acceptors (Lipinski definition) is 4. The molecule has 0 unspecified atom stereocenters. The predicted octanol–water partition coefficient (Wildman–Crippen LogP) is 1.60. The molecule has 1 N–H and O–H groups in total. The summed E-state index contributed by atoms with van der Waals surface area (Å²) in [6.07, 6.45) is 0.728. The summed E-state index contributed by atoms with van der Waals surface area (Å²) in [5.41, 5.74) is 1.50. The second-order valence-corrected chi connectivity index (χ2v) is 8.66. The van der Waals surface area contributed by atoms with Crippen LogP contribution in [-0.2, 0) is 16.4 Å². The second-order valence-electron chi connectivity index (χ2n) is 6.73. The minimum absolute atomic E-state index is 0.169. The molecule has 3 rings (SSSR count). The number of likely N-dealkylation sites (N-methyl/N-ethyl adjacent to an activating group) is 1. The highest BCUT2D eigenvalue weighted by Gasteiger charge is 2.27. The van der Waals surface area contributed by atoms with Crippen molar-refractivity contribution in [2.45, 2.75) is 11.3 Å². The summed E-state index contributed by atoms with van der Waals surface area (Å²) in [4.78, 5) is 14.7. The molecule has 1 heterocycles. The number of hydrogen-bond donors (Lipinski definition) is 1. The first-order valence-electron chi connectivity index (χ1n) is 9.08. The van der Waals surface area contributed by atoms with E-state index >= 15 is 0 Å². The van der Waals surface area contributed by atoms with Crippen molar-refractivity contribution in [1.29, 1.82) is 0 Å². The van der Waals surface area contributed by atoms with E-state index < -0.39 is 10.0 Å². The van der Waals surface area contributed by atoms with Crippen LogP contribution in [0.4, 0.5) is 0 Å². The molecule has 0 aliphatic carbocycles. The molecule has 0 spiro atoms. The number of carbonyl (C=O) groups excluding carboxylic acids is 1. The molecule has 7 heteroatoms. The fourth-order valence-corrected chi connectivity index (χ4v) is 4.51. The highest BCUT2D eigenvalue weighted by Crippen LogP contribution is 2.18. The van der Waals surface area contributed by atoms with Crippen LogP contribution in [0.3, 0.4) is 0 Å². The van der Waals surface area contributed by atoms with Crippen LogP contribution in [0.2, 0.25) is 0 Å². The molecule has 1 aliphatic rings. The topological polar surface area (TPSA) is 69.7 Å². The first-order valence-corrected chi connectivity index (χ1v) is 10.5. The average Bonchev–Trinajstić information content (AvgIpc) is 2.69. The summed E-state index contributed by atoms with van der Waals surface area (Å²) in [5.74, 6) is -0.263. The van der Waals surface area contributed by atoms with Gasteiger partial charge in [0.2, 0.25) is 10.0 Å². The predicted molar refractivity (Wildman–Crippen MR) is 105 cm³/mol. The number of carbonyl (C=O) groups is 1. The van der Waals surface area contributed by atoms with Crippen LogP contribution < -0.4 is 5.32 Å². The van der Waals surface area contributed by atoms with Crippen molar-refractivity contribution in [3.8, 4) is 0 Å². The molecule has 1 amide bonds. The fourth-order valence-electron chi connectivity index (χ4n) is 3.04. The molecule has 0 atom stereocenters. The maximum atomic E-state index is 12.8. The van der Waals surface area contributed by atoms with Crippen LogP contribution in [-0.4, -0.2) is 63.3 Å². The van der Waals surface area contributed by atoms with Gasteiger partial charge >= 0.3 is 0 Å². The molecule has 0 radical (unpaired) electrons. The lowest BCUT2D eigenvalue weighted by atomic mass is 10.1. The minimum Gasteiger partial charge on any atom is -0.352 e. The quantitative estimate of drug-likeness (QED) is 0.817. The lowest BCUT2D eigenvalue weighted by Crippen LogP contribution is -2.47. The van der Waals surface area contributed by atoms with Crippen LogP contribution >= 0.6 is 0 Å². The van der Waals surface area contributed by atoms with Crippen molar-refractivity contribution in [3.63, 3.8) is 0 Å². The number of nitrogens with zero attached hydrogens (tertiary/aromatic N) is 2. The number of amides is 1. The monoisotopic (exact) mass is 387 g/mol. The highest BCUT2D eigenvalue weighted by molar-refractivity contribution is 7.89. The van der Waals surface area contributed by atoms with Gasteiger partial charge in [-0.15, -0.1) is 0 Å². The molecular weight excluding hydrogens is 362 g/mol. The summed E-state index contributed by atoms with van der Waals surface area (Å²) in [5, 5.41) is 2.86. The average molecular weight is 388 g/mol. The van der Waals surface area contributed by atoms with Crippen molar-refractivity contribution in [3.05, 3.63) is 65.7 Å². The van der Waals surface area contributed by atoms with Crippen molar-refractivity contribution in [2.24, 2.45) is 0 Å². The molecule has 1 aliphatic heterocycles. The van der Waals surface area contributed by atoms with Crippen molar-refractivity contribution >= 4 is 15.9 Å². The lowest BCUT2D eigenvalue weighted by molar-refractivity contribution is 0.0954. The van der Waals surface area contributed by atoms with Crippen LogP contribution in [0.25, 0.3) is 0 Å². The maximum Gasteiger partial charge on any atom is 0.251 e. The summed E-state index contributed by atoms with van der Waals surface area (Å²) in [6, 6.07) is 16.2. The van der Waals surface area contributed by atoms with Gasteiger partial charge in [-0.25, -0.2) is 8.42 Å². The Morgan fingerprint density at radius 2 is 1.70 bits per heavy atom. The molecule has 0 aromatic heterocycles. The third-order valence-corrected chi connectivity index (χ3v) is 6.63. The molecule has 0 saturated carbocycles. The zero-order chi connectivity index (χ0) is 19.3. The van der Waals surface area contributed by atoms with Crippen molar-refractivity contribution < 1.29 is 13.2 Å². The Bertz CT molecular complexity index is 876. The number of nitrogens with one attached hydrogen (secondary N) is 1. The van der Waals surface area contributed by atoms with Gasteiger partial charge in [-0.1, -0.05) is 36.4 Å². The Kier molecular flexibility index (Phi) is 6.26. The van der Waals surface area contributed by atoms with E-state index in [1.165, 1.54) is 10.4 Å². The van der Waals surface area contributed by atoms with Gasteiger partial charge in [-0.3, -0.25) is 4.79 Å². The number of piperazine rings is 1. The van der Waals surface area contributed by atoms with E-state index in [9.17, 15) is 13.2 Å². The van der Waals surface area contributed by atoms with Gasteiger partial charge in [0.25, 0.3) is 5.91 Å². The lowest BCUT2D eigenvalue weighted by Gasteiger charge is -2.31. The van der Waals surface area contributed by atoms with Gasteiger partial charge in [0.1, 0.15) is 0 Å². The fraction of sp³-hybridized carbons (Fsp3) is 0.350. The van der Waals surface area contributed by atoms with Gasteiger partial charge in [0.05, 0.1) is 4.90 Å². The summed E-state index contributed by atoms with van der Waals surface area (Å²) >= 11 is 0. The maximum absolute atomic E-state index is 12.8. The Labute approximate surface area is 160 Å². The zero-order valence-corrected chi connectivity index (χ0v) is 16.3. The SMILES string of the molecule is CN1CCN(S(=O)(=O)c2cccc(C(=O)NCCc3ccccc3)c2)CC1. The largest absolute Gasteiger partial charge is 0.352 e. The molecule has 1 saturated heterocycles. The number of benzene rings is 2. The van der Waals surface area contributed by atoms with E-state index in [4.69, 9.17) is 0 Å². The first kappa shape index (κ1) is 19.5. The normalized spacial score (nSPS) is 16.2. The second kappa shape index (κ2) is 8.65.